The van der Waals surface area contributed by atoms with Crippen LogP contribution in [-0.2, 0) is 4.79 Å². The van der Waals surface area contributed by atoms with E-state index >= 15 is 0 Å². The molecule has 0 spiro atoms. The minimum atomic E-state index is -2.39. The fraction of sp³-hybridized carbons (Fsp3) is 0.625. The summed E-state index contributed by atoms with van der Waals surface area (Å²) in [6.07, 6.45) is 0.0224. The van der Waals surface area contributed by atoms with Gasteiger partial charge in [-0.1, -0.05) is 0 Å². The number of halogens is 2. The fourth-order valence-corrected chi connectivity index (χ4v) is 1.07. The minimum absolute atomic E-state index is 0.0129. The van der Waals surface area contributed by atoms with Gasteiger partial charge in [0.15, 0.2) is 5.78 Å². The Morgan fingerprint density at radius 2 is 2.17 bits per heavy atom. The lowest BCUT2D eigenvalue weighted by molar-refractivity contribution is -0.114. The maximum Gasteiger partial charge on any atom is 0.258 e. The van der Waals surface area contributed by atoms with Crippen molar-refractivity contribution in [3.8, 4) is 0 Å². The van der Waals surface area contributed by atoms with E-state index in [0.29, 0.717) is 18.5 Å². The summed E-state index contributed by atoms with van der Waals surface area (Å²) < 4.78 is 24.0. The largest absolute Gasteiger partial charge is 0.380 e. The van der Waals surface area contributed by atoms with Crippen LogP contribution in [0.1, 0.15) is 19.8 Å². The van der Waals surface area contributed by atoms with Gasteiger partial charge < -0.3 is 5.32 Å². The molecule has 0 aromatic carbocycles. The third-order valence-corrected chi connectivity index (χ3v) is 1.77. The number of hydrogen-bond donors (Lipinski definition) is 1. The molecule has 0 radical (unpaired) electrons. The summed E-state index contributed by atoms with van der Waals surface area (Å²) in [4.78, 5) is 10.7. The molecule has 0 aromatic heterocycles. The lowest BCUT2D eigenvalue weighted by Gasteiger charge is -2.13. The first kappa shape index (κ1) is 9.16. The van der Waals surface area contributed by atoms with Gasteiger partial charge in [-0.3, -0.25) is 4.79 Å². The summed E-state index contributed by atoms with van der Waals surface area (Å²) >= 11 is 0. The van der Waals surface area contributed by atoms with Crippen molar-refractivity contribution in [1.82, 2.24) is 5.32 Å². The van der Waals surface area contributed by atoms with Crippen LogP contribution < -0.4 is 5.32 Å². The Morgan fingerprint density at radius 1 is 1.50 bits per heavy atom. The molecule has 0 heterocycles. The lowest BCUT2D eigenvalue weighted by atomic mass is 10.3. The first-order chi connectivity index (χ1) is 5.59. The number of carbonyl (C=O) groups is 1. The van der Waals surface area contributed by atoms with E-state index in [1.54, 1.807) is 0 Å². The van der Waals surface area contributed by atoms with Gasteiger partial charge >= 0.3 is 0 Å². The zero-order valence-electron chi connectivity index (χ0n) is 6.81. The van der Waals surface area contributed by atoms with Crippen LogP contribution in [0.2, 0.25) is 0 Å². The Kier molecular flexibility index (Phi) is 2.78. The van der Waals surface area contributed by atoms with Crippen LogP contribution in [0, 0.1) is 0 Å². The first-order valence-electron chi connectivity index (χ1n) is 3.87. The van der Waals surface area contributed by atoms with Gasteiger partial charge in [0.05, 0.1) is 6.04 Å². The highest BCUT2D eigenvalue weighted by molar-refractivity contribution is 5.92. The second kappa shape index (κ2) is 3.65. The van der Waals surface area contributed by atoms with Gasteiger partial charge in [-0.2, -0.15) is 0 Å². The Hall–Kier alpha value is -0.930. The summed E-state index contributed by atoms with van der Waals surface area (Å²) in [6.45, 7) is 1.40. The van der Waals surface area contributed by atoms with E-state index < -0.39 is 12.5 Å². The van der Waals surface area contributed by atoms with Crippen LogP contribution in [-0.4, -0.2) is 18.3 Å². The van der Waals surface area contributed by atoms with E-state index in [1.807, 2.05) is 0 Å². The molecule has 0 amide bonds. The number of nitrogens with one attached hydrogen (secondary N) is 1. The third kappa shape index (κ3) is 2.29. The van der Waals surface area contributed by atoms with Crippen molar-refractivity contribution in [2.75, 3.05) is 0 Å². The molecule has 1 N–H and O–H groups in total. The predicted molar refractivity (Wildman–Crippen MR) is 40.9 cm³/mol. The van der Waals surface area contributed by atoms with Crippen molar-refractivity contribution < 1.29 is 13.6 Å². The molecule has 4 heteroatoms. The average Bonchev–Trinajstić information content (AvgIpc) is 2.35. The number of allylic oxidation sites excluding steroid dienone is 2. The monoisotopic (exact) mass is 175 g/mol. The van der Waals surface area contributed by atoms with Crippen molar-refractivity contribution in [2.24, 2.45) is 0 Å². The Labute approximate surface area is 69.6 Å². The van der Waals surface area contributed by atoms with Gasteiger partial charge in [-0.25, -0.2) is 8.78 Å². The third-order valence-electron chi connectivity index (χ3n) is 1.77. The van der Waals surface area contributed by atoms with Crippen molar-refractivity contribution >= 4 is 5.78 Å². The standard InChI is InChI=1S/C8H11F2NO/c1-5(8(9)10)11-6-2-3-7(12)4-6/h4-5,8,11H,2-3H2,1H3. The van der Waals surface area contributed by atoms with Crippen LogP contribution >= 0.6 is 0 Å². The van der Waals surface area contributed by atoms with Crippen LogP contribution in [0.4, 0.5) is 8.78 Å². The maximum atomic E-state index is 12.0. The smallest absolute Gasteiger partial charge is 0.258 e. The zero-order chi connectivity index (χ0) is 9.14. The normalized spacial score (nSPS) is 19.7. The number of carbonyl (C=O) groups excluding carboxylic acids is 1. The molecular weight excluding hydrogens is 164 g/mol. The van der Waals surface area contributed by atoms with E-state index in [-0.39, 0.29) is 5.78 Å². The summed E-state index contributed by atoms with van der Waals surface area (Å²) in [5.74, 6) is 0.0129. The zero-order valence-corrected chi connectivity index (χ0v) is 6.81. The van der Waals surface area contributed by atoms with Crippen molar-refractivity contribution in [3.63, 3.8) is 0 Å². The molecule has 1 atom stereocenters. The SMILES string of the molecule is CC(NC1=CC(=O)CC1)C(F)F. The molecule has 0 bridgehead atoms. The van der Waals surface area contributed by atoms with Crippen LogP contribution in [0.3, 0.4) is 0 Å². The summed E-state index contributed by atoms with van der Waals surface area (Å²) in [7, 11) is 0. The molecule has 0 aliphatic heterocycles. The fourth-order valence-electron chi connectivity index (χ4n) is 1.07. The molecule has 2 nitrogen and oxygen atoms in total. The molecule has 1 aliphatic carbocycles. The second-order valence-electron chi connectivity index (χ2n) is 2.90. The van der Waals surface area contributed by atoms with Crippen LogP contribution in [0.15, 0.2) is 11.8 Å². The number of ketones is 1. The number of alkyl halides is 2. The summed E-state index contributed by atoms with van der Waals surface area (Å²) in [6, 6.07) is -0.873. The predicted octanol–water partition coefficient (Wildman–Crippen LogP) is 1.48. The molecule has 0 aromatic rings. The van der Waals surface area contributed by atoms with E-state index in [4.69, 9.17) is 0 Å². The van der Waals surface area contributed by atoms with Crippen molar-refractivity contribution in [2.45, 2.75) is 32.2 Å². The van der Waals surface area contributed by atoms with Gasteiger partial charge in [0, 0.05) is 18.2 Å². The maximum absolute atomic E-state index is 12.0. The molecule has 68 valence electrons. The molecule has 1 unspecified atom stereocenters. The Bertz CT molecular complexity index is 213. The van der Waals surface area contributed by atoms with Gasteiger partial charge in [-0.05, 0) is 13.3 Å². The minimum Gasteiger partial charge on any atom is -0.380 e. The summed E-state index contributed by atoms with van der Waals surface area (Å²) in [5.41, 5.74) is 0.632. The summed E-state index contributed by atoms with van der Waals surface area (Å²) in [5, 5.41) is 2.60. The Morgan fingerprint density at radius 3 is 2.58 bits per heavy atom. The molecule has 0 saturated carbocycles. The highest BCUT2D eigenvalue weighted by Crippen LogP contribution is 2.13. The van der Waals surface area contributed by atoms with E-state index in [1.165, 1.54) is 13.0 Å². The van der Waals surface area contributed by atoms with E-state index in [0.717, 1.165) is 0 Å². The van der Waals surface area contributed by atoms with Gasteiger partial charge in [0.1, 0.15) is 0 Å². The van der Waals surface area contributed by atoms with Crippen molar-refractivity contribution in [3.05, 3.63) is 11.8 Å². The molecular formula is C8H11F2NO. The van der Waals surface area contributed by atoms with E-state index in [9.17, 15) is 13.6 Å². The van der Waals surface area contributed by atoms with Crippen LogP contribution in [0.5, 0.6) is 0 Å². The van der Waals surface area contributed by atoms with Crippen molar-refractivity contribution in [1.29, 1.82) is 0 Å². The molecule has 1 rings (SSSR count). The van der Waals surface area contributed by atoms with E-state index in [2.05, 4.69) is 5.32 Å². The molecule has 1 aliphatic rings. The lowest BCUT2D eigenvalue weighted by Crippen LogP contribution is -2.31. The second-order valence-corrected chi connectivity index (χ2v) is 2.90. The number of hydrogen-bond acceptors (Lipinski definition) is 2. The number of rotatable bonds is 3. The average molecular weight is 175 g/mol. The molecule has 0 fully saturated rings. The van der Waals surface area contributed by atoms with Gasteiger partial charge in [0.2, 0.25) is 0 Å². The molecule has 12 heavy (non-hydrogen) atoms. The topological polar surface area (TPSA) is 29.1 Å². The highest BCUT2D eigenvalue weighted by atomic mass is 19.3. The molecule has 0 saturated heterocycles. The quantitative estimate of drug-likeness (QED) is 0.703. The Balaban J connectivity index is 2.41. The van der Waals surface area contributed by atoms with Gasteiger partial charge in [0.25, 0.3) is 6.43 Å². The van der Waals surface area contributed by atoms with Crippen LogP contribution in [0.25, 0.3) is 0 Å². The first-order valence-corrected chi connectivity index (χ1v) is 3.87. The highest BCUT2D eigenvalue weighted by Gasteiger charge is 2.18. The van der Waals surface area contributed by atoms with Gasteiger partial charge in [-0.15, -0.1) is 0 Å².